The average molecular weight is 282 g/mol. The van der Waals surface area contributed by atoms with Crippen LogP contribution in [0.1, 0.15) is 39.2 Å². The molecule has 0 saturated carbocycles. The van der Waals surface area contributed by atoms with Crippen molar-refractivity contribution in [3.05, 3.63) is 23.8 Å². The molecule has 0 aliphatic carbocycles. The third-order valence-corrected chi connectivity index (χ3v) is 6.06. The Kier molecular flexibility index (Phi) is 3.62. The molecule has 1 aliphatic rings. The van der Waals surface area contributed by atoms with Crippen molar-refractivity contribution < 1.29 is 8.42 Å². The number of anilines is 1. The van der Waals surface area contributed by atoms with Gasteiger partial charge < -0.3 is 5.73 Å². The number of nitrogen functional groups attached to an aromatic ring is 1. The van der Waals surface area contributed by atoms with Gasteiger partial charge in [0.15, 0.2) is 0 Å². The first-order valence-electron chi connectivity index (χ1n) is 6.70. The summed E-state index contributed by atoms with van der Waals surface area (Å²) in [6, 6.07) is 5.15. The van der Waals surface area contributed by atoms with Crippen molar-refractivity contribution in [1.82, 2.24) is 4.31 Å². The van der Waals surface area contributed by atoms with E-state index in [9.17, 15) is 8.42 Å². The van der Waals surface area contributed by atoms with E-state index in [1.54, 1.807) is 16.4 Å². The van der Waals surface area contributed by atoms with Crippen LogP contribution in [0.5, 0.6) is 0 Å². The number of nitrogens with two attached hydrogens (primary N) is 1. The maximum Gasteiger partial charge on any atom is 0.243 e. The number of nitrogens with zero attached hydrogens (tertiary/aromatic N) is 1. The molecule has 0 unspecified atom stereocenters. The number of sulfonamides is 1. The molecule has 1 aromatic carbocycles. The third kappa shape index (κ3) is 2.49. The van der Waals surface area contributed by atoms with Crippen LogP contribution in [-0.2, 0) is 16.4 Å². The summed E-state index contributed by atoms with van der Waals surface area (Å²) >= 11 is 0. The fourth-order valence-corrected chi connectivity index (χ4v) is 4.93. The predicted octanol–water partition coefficient (Wildman–Crippen LogP) is 2.39. The molecule has 0 spiro atoms. The number of rotatable bonds is 3. The summed E-state index contributed by atoms with van der Waals surface area (Å²) in [7, 11) is -3.46. The van der Waals surface area contributed by atoms with Gasteiger partial charge in [0.2, 0.25) is 10.0 Å². The van der Waals surface area contributed by atoms with Gasteiger partial charge in [-0.3, -0.25) is 0 Å². The van der Waals surface area contributed by atoms with Gasteiger partial charge in [0, 0.05) is 17.8 Å². The highest BCUT2D eigenvalue weighted by Crippen LogP contribution is 2.35. The Morgan fingerprint density at radius 1 is 1.37 bits per heavy atom. The molecule has 0 aromatic heterocycles. The van der Waals surface area contributed by atoms with Gasteiger partial charge in [-0.05, 0) is 50.8 Å². The second kappa shape index (κ2) is 4.80. The lowest BCUT2D eigenvalue weighted by atomic mass is 10.0. The first-order valence-corrected chi connectivity index (χ1v) is 8.14. The van der Waals surface area contributed by atoms with E-state index in [2.05, 4.69) is 0 Å². The highest BCUT2D eigenvalue weighted by atomic mass is 32.2. The topological polar surface area (TPSA) is 63.4 Å². The standard InChI is InChI=1S/C14H22N2O2S/c1-4-11-6-7-12(15)10-13(11)19(17,18)16-9-5-8-14(16,2)3/h6-7,10H,4-5,8-9,15H2,1-3H3. The van der Waals surface area contributed by atoms with Crippen LogP contribution in [0.15, 0.2) is 23.1 Å². The zero-order valence-electron chi connectivity index (χ0n) is 11.8. The molecule has 1 aromatic rings. The summed E-state index contributed by atoms with van der Waals surface area (Å²) in [4.78, 5) is 0.366. The van der Waals surface area contributed by atoms with Gasteiger partial charge >= 0.3 is 0 Å². The normalized spacial score (nSPS) is 19.7. The van der Waals surface area contributed by atoms with E-state index in [0.717, 1.165) is 18.4 Å². The molecule has 19 heavy (non-hydrogen) atoms. The molecule has 106 valence electrons. The SMILES string of the molecule is CCc1ccc(N)cc1S(=O)(=O)N1CCCC1(C)C. The Morgan fingerprint density at radius 2 is 2.05 bits per heavy atom. The summed E-state index contributed by atoms with van der Waals surface area (Å²) in [6.45, 7) is 6.51. The monoisotopic (exact) mass is 282 g/mol. The molecule has 2 rings (SSSR count). The summed E-state index contributed by atoms with van der Waals surface area (Å²) in [6.07, 6.45) is 2.50. The molecule has 1 heterocycles. The van der Waals surface area contributed by atoms with Gasteiger partial charge in [0.05, 0.1) is 4.90 Å². The van der Waals surface area contributed by atoms with Crippen LogP contribution in [0.2, 0.25) is 0 Å². The van der Waals surface area contributed by atoms with Gasteiger partial charge in [-0.15, -0.1) is 0 Å². The predicted molar refractivity (Wildman–Crippen MR) is 77.4 cm³/mol. The van der Waals surface area contributed by atoms with Crippen LogP contribution in [0.4, 0.5) is 5.69 Å². The van der Waals surface area contributed by atoms with Gasteiger partial charge in [0.25, 0.3) is 0 Å². The van der Waals surface area contributed by atoms with E-state index >= 15 is 0 Å². The smallest absolute Gasteiger partial charge is 0.243 e. The van der Waals surface area contributed by atoms with Crippen molar-refractivity contribution in [2.24, 2.45) is 0 Å². The molecule has 2 N–H and O–H groups in total. The van der Waals surface area contributed by atoms with Crippen LogP contribution in [0, 0.1) is 0 Å². The number of hydrogen-bond acceptors (Lipinski definition) is 3. The van der Waals surface area contributed by atoms with E-state index in [4.69, 9.17) is 5.73 Å². The van der Waals surface area contributed by atoms with Crippen molar-refractivity contribution in [1.29, 1.82) is 0 Å². The van der Waals surface area contributed by atoms with Gasteiger partial charge in [-0.2, -0.15) is 4.31 Å². The molecule has 0 radical (unpaired) electrons. The molecule has 5 heteroatoms. The maximum atomic E-state index is 12.9. The first kappa shape index (κ1) is 14.3. The van der Waals surface area contributed by atoms with Crippen molar-refractivity contribution in [2.75, 3.05) is 12.3 Å². The number of benzene rings is 1. The van der Waals surface area contributed by atoms with Crippen LogP contribution in [-0.4, -0.2) is 24.8 Å². The van der Waals surface area contributed by atoms with Crippen LogP contribution in [0.25, 0.3) is 0 Å². The zero-order valence-corrected chi connectivity index (χ0v) is 12.6. The Morgan fingerprint density at radius 3 is 2.58 bits per heavy atom. The van der Waals surface area contributed by atoms with E-state index in [-0.39, 0.29) is 5.54 Å². The molecular weight excluding hydrogens is 260 g/mol. The van der Waals surface area contributed by atoms with Gasteiger partial charge in [-0.25, -0.2) is 8.42 Å². The Bertz CT molecular complexity index is 579. The summed E-state index contributed by atoms with van der Waals surface area (Å²) in [5.74, 6) is 0. The molecule has 0 bridgehead atoms. The summed E-state index contributed by atoms with van der Waals surface area (Å²) in [5.41, 5.74) is 6.77. The molecule has 0 atom stereocenters. The highest BCUT2D eigenvalue weighted by molar-refractivity contribution is 7.89. The van der Waals surface area contributed by atoms with Crippen LogP contribution >= 0.6 is 0 Å². The lowest BCUT2D eigenvalue weighted by Crippen LogP contribution is -2.42. The second-order valence-electron chi connectivity index (χ2n) is 5.71. The Balaban J connectivity index is 2.54. The lowest BCUT2D eigenvalue weighted by Gasteiger charge is -2.31. The van der Waals surface area contributed by atoms with Crippen molar-refractivity contribution in [3.8, 4) is 0 Å². The highest BCUT2D eigenvalue weighted by Gasteiger charge is 2.41. The fraction of sp³-hybridized carbons (Fsp3) is 0.571. The van der Waals surface area contributed by atoms with Crippen LogP contribution in [0.3, 0.4) is 0 Å². The van der Waals surface area contributed by atoms with E-state index < -0.39 is 10.0 Å². The van der Waals surface area contributed by atoms with Crippen molar-refractivity contribution >= 4 is 15.7 Å². The lowest BCUT2D eigenvalue weighted by molar-refractivity contribution is 0.291. The Hall–Kier alpha value is -1.07. The molecule has 1 saturated heterocycles. The minimum Gasteiger partial charge on any atom is -0.399 e. The van der Waals surface area contributed by atoms with Crippen LogP contribution < -0.4 is 5.73 Å². The molecule has 1 fully saturated rings. The number of hydrogen-bond donors (Lipinski definition) is 1. The molecular formula is C14H22N2O2S. The van der Waals surface area contributed by atoms with E-state index in [1.807, 2.05) is 26.8 Å². The van der Waals surface area contributed by atoms with Gasteiger partial charge in [0.1, 0.15) is 0 Å². The van der Waals surface area contributed by atoms with Crippen molar-refractivity contribution in [3.63, 3.8) is 0 Å². The minimum absolute atomic E-state index is 0.311. The van der Waals surface area contributed by atoms with E-state index in [0.29, 0.717) is 23.5 Å². The second-order valence-corrected chi connectivity index (χ2v) is 7.54. The molecule has 4 nitrogen and oxygen atoms in total. The fourth-order valence-electron chi connectivity index (χ4n) is 2.75. The largest absolute Gasteiger partial charge is 0.399 e. The van der Waals surface area contributed by atoms with Gasteiger partial charge in [-0.1, -0.05) is 13.0 Å². The number of aryl methyl sites for hydroxylation is 1. The summed E-state index contributed by atoms with van der Waals surface area (Å²) < 4.78 is 27.3. The van der Waals surface area contributed by atoms with E-state index in [1.165, 1.54) is 0 Å². The molecule has 0 amide bonds. The first-order chi connectivity index (χ1) is 8.79. The molecule has 1 aliphatic heterocycles. The maximum absolute atomic E-state index is 12.9. The summed E-state index contributed by atoms with van der Waals surface area (Å²) in [5, 5.41) is 0. The van der Waals surface area contributed by atoms with Crippen molar-refractivity contribution in [2.45, 2.75) is 50.5 Å². The zero-order chi connectivity index (χ0) is 14.3. The quantitative estimate of drug-likeness (QED) is 0.866. The Labute approximate surface area is 115 Å². The third-order valence-electron chi connectivity index (χ3n) is 3.87. The average Bonchev–Trinajstić information content (AvgIpc) is 2.69. The minimum atomic E-state index is -3.46.